The molecule has 18 heavy (non-hydrogen) atoms. The van der Waals surface area contributed by atoms with Gasteiger partial charge in [-0.15, -0.1) is 0 Å². The summed E-state index contributed by atoms with van der Waals surface area (Å²) in [6, 6.07) is 11.5. The van der Waals surface area contributed by atoms with Crippen molar-refractivity contribution in [3.63, 3.8) is 0 Å². The first-order valence-corrected chi connectivity index (χ1v) is 15.1. The topological polar surface area (TPSA) is 18.5 Å². The first-order valence-electron chi connectivity index (χ1n) is 6.55. The Labute approximate surface area is 115 Å². The van der Waals surface area contributed by atoms with Crippen molar-refractivity contribution in [3.8, 4) is 0 Å². The molecular formula is C13H26O2Si3. The van der Waals surface area contributed by atoms with Crippen molar-refractivity contribution in [2.24, 2.45) is 0 Å². The smallest absolute Gasteiger partial charge is 0.305 e. The lowest BCUT2D eigenvalue weighted by Crippen LogP contribution is -2.44. The number of benzene rings is 1. The fourth-order valence-corrected chi connectivity index (χ4v) is 9.96. The monoisotopic (exact) mass is 298 g/mol. The Morgan fingerprint density at radius 1 is 0.833 bits per heavy atom. The maximum atomic E-state index is 6.31. The van der Waals surface area contributed by atoms with Crippen LogP contribution in [-0.4, -0.2) is 25.9 Å². The van der Waals surface area contributed by atoms with Crippen molar-refractivity contribution >= 4 is 25.9 Å². The quantitative estimate of drug-likeness (QED) is 0.746. The Hall–Kier alpha value is -0.209. The summed E-state index contributed by atoms with van der Waals surface area (Å²) in [6.07, 6.45) is 0. The molecule has 0 aliphatic rings. The van der Waals surface area contributed by atoms with E-state index >= 15 is 0 Å². The molecule has 0 atom stereocenters. The lowest BCUT2D eigenvalue weighted by atomic mass is 10.2. The van der Waals surface area contributed by atoms with Gasteiger partial charge in [0, 0.05) is 6.04 Å². The Morgan fingerprint density at radius 3 is 1.67 bits per heavy atom. The normalized spacial score (nSPS) is 13.1. The molecule has 102 valence electrons. The standard InChI is InChI=1S/C13H26O2Si3/c1-17(2,3)14-16(15-18(4,5)6)12-13-10-8-7-9-11-13/h7-11,16H,12H2,1-6H3. The molecule has 0 N–H and O–H groups in total. The van der Waals surface area contributed by atoms with E-state index in [2.05, 4.69) is 69.6 Å². The molecule has 1 aromatic carbocycles. The molecule has 0 unspecified atom stereocenters. The summed E-state index contributed by atoms with van der Waals surface area (Å²) in [6.45, 7) is 13.4. The zero-order valence-corrected chi connectivity index (χ0v) is 15.6. The largest absolute Gasteiger partial charge is 0.439 e. The van der Waals surface area contributed by atoms with Gasteiger partial charge in [-0.1, -0.05) is 30.3 Å². The van der Waals surface area contributed by atoms with Gasteiger partial charge in [-0.3, -0.25) is 0 Å². The van der Waals surface area contributed by atoms with E-state index in [1.165, 1.54) is 5.56 Å². The van der Waals surface area contributed by atoms with Crippen LogP contribution in [0.3, 0.4) is 0 Å². The fourth-order valence-electron chi connectivity index (χ4n) is 1.70. The van der Waals surface area contributed by atoms with E-state index in [4.69, 9.17) is 8.23 Å². The summed E-state index contributed by atoms with van der Waals surface area (Å²) >= 11 is 0. The molecule has 1 aromatic rings. The third kappa shape index (κ3) is 7.28. The van der Waals surface area contributed by atoms with Gasteiger partial charge >= 0.3 is 9.28 Å². The Kier molecular flexibility index (Phi) is 5.54. The number of rotatable bonds is 6. The highest BCUT2D eigenvalue weighted by Gasteiger charge is 2.28. The minimum absolute atomic E-state index is 0.982. The lowest BCUT2D eigenvalue weighted by Gasteiger charge is -2.30. The minimum Gasteiger partial charge on any atom is -0.439 e. The van der Waals surface area contributed by atoms with E-state index in [0.29, 0.717) is 0 Å². The van der Waals surface area contributed by atoms with Crippen LogP contribution in [0.2, 0.25) is 39.3 Å². The van der Waals surface area contributed by atoms with Crippen LogP contribution < -0.4 is 0 Å². The second kappa shape index (κ2) is 6.29. The van der Waals surface area contributed by atoms with E-state index in [1.807, 2.05) is 0 Å². The minimum atomic E-state index is -1.59. The molecule has 1 rings (SSSR count). The molecule has 2 nitrogen and oxygen atoms in total. The highest BCUT2D eigenvalue weighted by molar-refractivity contribution is 6.80. The molecule has 0 heterocycles. The molecular weight excluding hydrogens is 272 g/mol. The molecule has 0 saturated heterocycles. The average Bonchev–Trinajstić information content (AvgIpc) is 2.13. The molecule has 5 heteroatoms. The average molecular weight is 299 g/mol. The highest BCUT2D eigenvalue weighted by Crippen LogP contribution is 2.15. The van der Waals surface area contributed by atoms with Crippen LogP contribution in [0.4, 0.5) is 0 Å². The summed E-state index contributed by atoms with van der Waals surface area (Å²) in [5, 5.41) is 0. The highest BCUT2D eigenvalue weighted by atomic mass is 28.4. The molecule has 0 aliphatic heterocycles. The Morgan fingerprint density at radius 2 is 1.28 bits per heavy atom. The van der Waals surface area contributed by atoms with Gasteiger partial charge in [0.15, 0.2) is 16.6 Å². The van der Waals surface area contributed by atoms with Crippen LogP contribution in [-0.2, 0) is 14.3 Å². The summed E-state index contributed by atoms with van der Waals surface area (Å²) in [5.74, 6) is 0. The maximum Gasteiger partial charge on any atom is 0.305 e. The predicted molar refractivity (Wildman–Crippen MR) is 86.2 cm³/mol. The van der Waals surface area contributed by atoms with Crippen molar-refractivity contribution in [1.29, 1.82) is 0 Å². The van der Waals surface area contributed by atoms with Crippen LogP contribution in [0, 0.1) is 0 Å². The third-order valence-corrected chi connectivity index (χ3v) is 10.8. The van der Waals surface area contributed by atoms with Gasteiger partial charge in [0.1, 0.15) is 0 Å². The molecule has 0 amide bonds. The summed E-state index contributed by atoms with van der Waals surface area (Å²) in [7, 11) is -4.62. The first kappa shape index (κ1) is 15.8. The Balaban J connectivity index is 2.72. The fraction of sp³-hybridized carbons (Fsp3) is 0.538. The van der Waals surface area contributed by atoms with Crippen LogP contribution in [0.5, 0.6) is 0 Å². The molecule has 0 radical (unpaired) electrons. The van der Waals surface area contributed by atoms with Crippen molar-refractivity contribution in [1.82, 2.24) is 0 Å². The third-order valence-electron chi connectivity index (χ3n) is 2.22. The van der Waals surface area contributed by atoms with E-state index in [1.54, 1.807) is 0 Å². The van der Waals surface area contributed by atoms with Crippen molar-refractivity contribution in [3.05, 3.63) is 35.9 Å². The van der Waals surface area contributed by atoms with Gasteiger partial charge in [-0.25, -0.2) is 0 Å². The van der Waals surface area contributed by atoms with Gasteiger partial charge in [0.25, 0.3) is 0 Å². The van der Waals surface area contributed by atoms with E-state index in [9.17, 15) is 0 Å². The van der Waals surface area contributed by atoms with Crippen molar-refractivity contribution in [2.75, 3.05) is 0 Å². The van der Waals surface area contributed by atoms with E-state index in [-0.39, 0.29) is 0 Å². The van der Waals surface area contributed by atoms with Gasteiger partial charge in [-0.2, -0.15) is 0 Å². The SMILES string of the molecule is C[Si](C)(C)O[SiH](Cc1ccccc1)O[Si](C)(C)C. The second-order valence-electron chi connectivity index (χ2n) is 6.58. The molecule has 0 saturated carbocycles. The second-order valence-corrected chi connectivity index (χ2v) is 18.2. The summed E-state index contributed by atoms with van der Waals surface area (Å²) in [5.41, 5.74) is 1.34. The van der Waals surface area contributed by atoms with Gasteiger partial charge in [0.2, 0.25) is 0 Å². The van der Waals surface area contributed by atoms with Gasteiger partial charge in [0.05, 0.1) is 0 Å². The van der Waals surface area contributed by atoms with Crippen molar-refractivity contribution < 1.29 is 8.23 Å². The van der Waals surface area contributed by atoms with Crippen LogP contribution in [0.1, 0.15) is 5.56 Å². The number of hydrogen-bond donors (Lipinski definition) is 0. The van der Waals surface area contributed by atoms with Crippen LogP contribution in [0.15, 0.2) is 30.3 Å². The number of hydrogen-bond acceptors (Lipinski definition) is 2. The maximum absolute atomic E-state index is 6.31. The Bertz CT molecular complexity index is 339. The lowest BCUT2D eigenvalue weighted by molar-refractivity contribution is 0.417. The van der Waals surface area contributed by atoms with Gasteiger partial charge < -0.3 is 8.23 Å². The summed E-state index contributed by atoms with van der Waals surface area (Å²) < 4.78 is 12.6. The van der Waals surface area contributed by atoms with E-state index < -0.39 is 25.9 Å². The molecule has 0 aromatic heterocycles. The zero-order valence-electron chi connectivity index (χ0n) is 12.5. The predicted octanol–water partition coefficient (Wildman–Crippen LogP) is 3.69. The van der Waals surface area contributed by atoms with Crippen molar-refractivity contribution in [2.45, 2.75) is 45.3 Å². The molecule has 0 fully saturated rings. The zero-order chi connectivity index (χ0) is 13.8. The van der Waals surface area contributed by atoms with Crippen LogP contribution in [0.25, 0.3) is 0 Å². The van der Waals surface area contributed by atoms with Gasteiger partial charge in [-0.05, 0) is 44.8 Å². The first-order chi connectivity index (χ1) is 8.16. The molecule has 0 spiro atoms. The summed E-state index contributed by atoms with van der Waals surface area (Å²) in [4.78, 5) is 0. The molecule has 0 aliphatic carbocycles. The van der Waals surface area contributed by atoms with E-state index in [0.717, 1.165) is 6.04 Å². The van der Waals surface area contributed by atoms with Crippen LogP contribution >= 0.6 is 0 Å². The molecule has 0 bridgehead atoms.